The van der Waals surface area contributed by atoms with E-state index >= 15 is 0 Å². The van der Waals surface area contributed by atoms with Gasteiger partial charge in [0, 0.05) is 13.1 Å². The van der Waals surface area contributed by atoms with E-state index in [9.17, 15) is 13.2 Å². The smallest absolute Gasteiger partial charge is 0.257 e. The molecule has 0 saturated carbocycles. The Morgan fingerprint density at radius 2 is 1.88 bits per heavy atom. The molecule has 1 aliphatic heterocycles. The number of sulfonamides is 1. The maximum atomic E-state index is 13.0. The number of carbonyl (C=O) groups is 1. The monoisotopic (exact) mass is 437 g/mol. The van der Waals surface area contributed by atoms with Crippen LogP contribution in [0.25, 0.3) is 0 Å². The van der Waals surface area contributed by atoms with Crippen molar-refractivity contribution >= 4 is 37.5 Å². The predicted octanol–water partition coefficient (Wildman–Crippen LogP) is 3.58. The molecule has 2 heterocycles. The van der Waals surface area contributed by atoms with Gasteiger partial charge in [0.15, 0.2) is 0 Å². The Kier molecular flexibility index (Phi) is 5.74. The molecule has 6 nitrogen and oxygen atoms in total. The van der Waals surface area contributed by atoms with Gasteiger partial charge < -0.3 is 5.32 Å². The number of nitrogens with one attached hydrogen (secondary N) is 1. The average Bonchev–Trinajstić information content (AvgIpc) is 2.65. The van der Waals surface area contributed by atoms with Crippen molar-refractivity contribution in [3.63, 3.8) is 0 Å². The Morgan fingerprint density at radius 3 is 2.58 bits per heavy atom. The Labute approximate surface area is 161 Å². The van der Waals surface area contributed by atoms with Gasteiger partial charge in [0.25, 0.3) is 5.91 Å². The molecule has 1 saturated heterocycles. The summed E-state index contributed by atoms with van der Waals surface area (Å²) in [6.07, 6.45) is 4.25. The molecule has 1 aromatic carbocycles. The molecule has 0 aliphatic carbocycles. The van der Waals surface area contributed by atoms with Crippen molar-refractivity contribution in [1.29, 1.82) is 0 Å². The van der Waals surface area contributed by atoms with Crippen molar-refractivity contribution < 1.29 is 13.2 Å². The van der Waals surface area contributed by atoms with Gasteiger partial charge in [-0.05, 0) is 59.5 Å². The minimum atomic E-state index is -3.70. The number of piperidine rings is 1. The minimum Gasteiger partial charge on any atom is -0.321 e. The van der Waals surface area contributed by atoms with Crippen LogP contribution in [-0.4, -0.2) is 36.7 Å². The molecule has 138 valence electrons. The van der Waals surface area contributed by atoms with Gasteiger partial charge in [0.1, 0.15) is 4.60 Å². The van der Waals surface area contributed by atoms with E-state index in [2.05, 4.69) is 26.2 Å². The third kappa shape index (κ3) is 3.97. The summed E-state index contributed by atoms with van der Waals surface area (Å²) in [5.41, 5.74) is 1.52. The molecule has 1 amide bonds. The molecule has 0 unspecified atom stereocenters. The van der Waals surface area contributed by atoms with Gasteiger partial charge in [0.05, 0.1) is 22.3 Å². The highest BCUT2D eigenvalue weighted by Gasteiger charge is 2.29. The first-order valence-corrected chi connectivity index (χ1v) is 10.7. The van der Waals surface area contributed by atoms with Crippen LogP contribution in [0.5, 0.6) is 0 Å². The fourth-order valence-electron chi connectivity index (χ4n) is 2.95. The first kappa shape index (κ1) is 19.0. The topological polar surface area (TPSA) is 79.4 Å². The minimum absolute atomic E-state index is 0.0428. The highest BCUT2D eigenvalue weighted by Crippen LogP contribution is 2.25. The Morgan fingerprint density at radius 1 is 1.19 bits per heavy atom. The maximum absolute atomic E-state index is 13.0. The lowest BCUT2D eigenvalue weighted by molar-refractivity contribution is 0.102. The molecule has 1 aliphatic rings. The summed E-state index contributed by atoms with van der Waals surface area (Å²) in [5, 5.41) is 2.74. The van der Waals surface area contributed by atoms with E-state index in [1.54, 1.807) is 18.2 Å². The van der Waals surface area contributed by atoms with Crippen molar-refractivity contribution in [2.45, 2.75) is 31.1 Å². The lowest BCUT2D eigenvalue weighted by Crippen LogP contribution is -2.36. The van der Waals surface area contributed by atoms with Crippen molar-refractivity contribution in [1.82, 2.24) is 9.29 Å². The summed E-state index contributed by atoms with van der Waals surface area (Å²) < 4.78 is 28.1. The first-order valence-electron chi connectivity index (χ1n) is 8.42. The van der Waals surface area contributed by atoms with Gasteiger partial charge in [-0.25, -0.2) is 13.4 Å². The van der Waals surface area contributed by atoms with Crippen LogP contribution in [0.4, 0.5) is 5.69 Å². The van der Waals surface area contributed by atoms with Gasteiger partial charge in [-0.15, -0.1) is 0 Å². The zero-order valence-corrected chi connectivity index (χ0v) is 16.8. The van der Waals surface area contributed by atoms with E-state index < -0.39 is 15.9 Å². The quantitative estimate of drug-likeness (QED) is 0.741. The number of aromatic nitrogens is 1. The third-order valence-corrected chi connectivity index (χ3v) is 7.12. The summed E-state index contributed by atoms with van der Waals surface area (Å²) in [5.74, 6) is -0.468. The summed E-state index contributed by atoms with van der Waals surface area (Å²) >= 11 is 3.31. The number of amides is 1. The fourth-order valence-corrected chi connectivity index (χ4v) is 4.87. The van der Waals surface area contributed by atoms with E-state index in [0.29, 0.717) is 23.4 Å². The number of benzene rings is 1. The van der Waals surface area contributed by atoms with Crippen LogP contribution in [-0.2, 0) is 10.0 Å². The number of carbonyl (C=O) groups excluding carboxylic acids is 1. The van der Waals surface area contributed by atoms with Crippen LogP contribution in [0.1, 0.15) is 35.2 Å². The fraction of sp³-hybridized carbons (Fsp3) is 0.333. The lowest BCUT2D eigenvalue weighted by atomic mass is 10.2. The standard InChI is InChI=1S/C18H20BrN3O3S/c1-13-11-14(12-20-17(13)19)21-18(23)15-7-3-4-8-16(15)26(24,25)22-9-5-2-6-10-22/h3-4,7-8,11-12H,2,5-6,9-10H2,1H3,(H,21,23). The van der Waals surface area contributed by atoms with Crippen molar-refractivity contribution in [2.24, 2.45) is 0 Å². The molecule has 0 atom stereocenters. The number of hydrogen-bond acceptors (Lipinski definition) is 4. The van der Waals surface area contributed by atoms with Crippen LogP contribution in [0, 0.1) is 6.92 Å². The summed E-state index contributed by atoms with van der Waals surface area (Å²) in [4.78, 5) is 16.9. The second kappa shape index (κ2) is 7.85. The molecule has 1 fully saturated rings. The van der Waals surface area contributed by atoms with E-state index in [1.165, 1.54) is 22.6 Å². The molecule has 3 rings (SSSR count). The molecule has 1 aromatic heterocycles. The predicted molar refractivity (Wildman–Crippen MR) is 104 cm³/mol. The molecule has 0 radical (unpaired) electrons. The molecular weight excluding hydrogens is 418 g/mol. The van der Waals surface area contributed by atoms with Gasteiger partial charge >= 0.3 is 0 Å². The van der Waals surface area contributed by atoms with Crippen LogP contribution in [0.2, 0.25) is 0 Å². The van der Waals surface area contributed by atoms with Crippen LogP contribution in [0.15, 0.2) is 46.0 Å². The molecule has 0 bridgehead atoms. The number of halogens is 1. The second-order valence-electron chi connectivity index (χ2n) is 6.25. The van der Waals surface area contributed by atoms with E-state index in [1.807, 2.05) is 6.92 Å². The third-order valence-electron chi connectivity index (χ3n) is 4.34. The number of anilines is 1. The normalized spacial score (nSPS) is 15.6. The van der Waals surface area contributed by atoms with Crippen molar-refractivity contribution in [2.75, 3.05) is 18.4 Å². The molecule has 26 heavy (non-hydrogen) atoms. The zero-order chi connectivity index (χ0) is 18.7. The first-order chi connectivity index (χ1) is 12.4. The van der Waals surface area contributed by atoms with Gasteiger partial charge in [-0.1, -0.05) is 18.6 Å². The Hall–Kier alpha value is -1.77. The van der Waals surface area contributed by atoms with Gasteiger partial charge in [0.2, 0.25) is 10.0 Å². The maximum Gasteiger partial charge on any atom is 0.257 e. The number of pyridine rings is 1. The van der Waals surface area contributed by atoms with Crippen molar-refractivity contribution in [3.8, 4) is 0 Å². The van der Waals surface area contributed by atoms with E-state index in [-0.39, 0.29) is 10.5 Å². The Bertz CT molecular complexity index is 925. The summed E-state index contributed by atoms with van der Waals surface area (Å²) in [6, 6.07) is 8.10. The van der Waals surface area contributed by atoms with Gasteiger partial charge in [-0.2, -0.15) is 4.31 Å². The molecule has 1 N–H and O–H groups in total. The molecule has 8 heteroatoms. The summed E-state index contributed by atoms with van der Waals surface area (Å²) in [6.45, 7) is 2.85. The number of hydrogen-bond donors (Lipinski definition) is 1. The summed E-state index contributed by atoms with van der Waals surface area (Å²) in [7, 11) is -3.70. The second-order valence-corrected chi connectivity index (χ2v) is 8.90. The number of rotatable bonds is 4. The molecule has 0 spiro atoms. The van der Waals surface area contributed by atoms with E-state index in [4.69, 9.17) is 0 Å². The molecule has 2 aromatic rings. The van der Waals surface area contributed by atoms with Crippen LogP contribution in [0.3, 0.4) is 0 Å². The number of aryl methyl sites for hydroxylation is 1. The highest BCUT2D eigenvalue weighted by molar-refractivity contribution is 9.10. The lowest BCUT2D eigenvalue weighted by Gasteiger charge is -2.26. The zero-order valence-electron chi connectivity index (χ0n) is 14.4. The average molecular weight is 438 g/mol. The SMILES string of the molecule is Cc1cc(NC(=O)c2ccccc2S(=O)(=O)N2CCCCC2)cnc1Br. The largest absolute Gasteiger partial charge is 0.321 e. The molecular formula is C18H20BrN3O3S. The number of nitrogens with zero attached hydrogens (tertiary/aromatic N) is 2. The van der Waals surface area contributed by atoms with Crippen LogP contribution < -0.4 is 5.32 Å². The van der Waals surface area contributed by atoms with Gasteiger partial charge in [-0.3, -0.25) is 4.79 Å². The highest BCUT2D eigenvalue weighted by atomic mass is 79.9. The van der Waals surface area contributed by atoms with Crippen LogP contribution >= 0.6 is 15.9 Å². The Balaban J connectivity index is 1.91. The van der Waals surface area contributed by atoms with E-state index in [0.717, 1.165) is 24.8 Å². The van der Waals surface area contributed by atoms with Crippen molar-refractivity contribution in [3.05, 3.63) is 52.3 Å².